The van der Waals surface area contributed by atoms with Crippen LogP contribution in [0.3, 0.4) is 0 Å². The predicted molar refractivity (Wildman–Crippen MR) is 112 cm³/mol. The fourth-order valence-electron chi connectivity index (χ4n) is 4.33. The summed E-state index contributed by atoms with van der Waals surface area (Å²) in [4.78, 5) is 27.9. The SMILES string of the molecule is CN(C)C(=O)c1ccc(-c2ccccc2[C@H]2[C@@H](CO)N(C(=O)C3CC3)[C@H]2C#N)cc1. The zero-order valence-electron chi connectivity index (χ0n) is 17.2. The maximum atomic E-state index is 12.6. The summed E-state index contributed by atoms with van der Waals surface area (Å²) in [5.74, 6) is -0.316. The highest BCUT2D eigenvalue weighted by Crippen LogP contribution is 2.46. The Morgan fingerprint density at radius 1 is 1.13 bits per heavy atom. The Kier molecular flexibility index (Phi) is 5.31. The molecule has 2 aliphatic rings. The Hall–Kier alpha value is -3.17. The number of carbonyl (C=O) groups is 2. The van der Waals surface area contributed by atoms with Crippen molar-refractivity contribution >= 4 is 11.8 Å². The summed E-state index contributed by atoms with van der Waals surface area (Å²) in [5, 5.41) is 19.8. The molecule has 1 heterocycles. The monoisotopic (exact) mass is 403 g/mol. The Balaban J connectivity index is 1.67. The van der Waals surface area contributed by atoms with Crippen LogP contribution >= 0.6 is 0 Å². The van der Waals surface area contributed by atoms with Crippen molar-refractivity contribution in [3.8, 4) is 17.2 Å². The third-order valence-corrected chi connectivity index (χ3v) is 6.08. The van der Waals surface area contributed by atoms with Crippen molar-refractivity contribution in [1.82, 2.24) is 9.80 Å². The van der Waals surface area contributed by atoms with E-state index in [9.17, 15) is 20.0 Å². The molecule has 2 amide bonds. The molecular formula is C24H25N3O3. The van der Waals surface area contributed by atoms with Gasteiger partial charge in [-0.3, -0.25) is 9.59 Å². The van der Waals surface area contributed by atoms with Crippen molar-refractivity contribution in [2.24, 2.45) is 5.92 Å². The lowest BCUT2D eigenvalue weighted by atomic mass is 9.73. The fourth-order valence-corrected chi connectivity index (χ4v) is 4.33. The molecule has 6 nitrogen and oxygen atoms in total. The minimum atomic E-state index is -0.578. The standard InChI is InChI=1S/C24H25N3O3/c1-26(2)23(29)16-9-7-15(8-10-16)18-5-3-4-6-19(18)22-20(13-25)27(21(22)14-28)24(30)17-11-12-17/h3-10,17,20-22,28H,11-12,14H2,1-2H3/t20-,21+,22+/m0/s1. The molecule has 30 heavy (non-hydrogen) atoms. The van der Waals surface area contributed by atoms with E-state index in [-0.39, 0.29) is 30.3 Å². The Bertz CT molecular complexity index is 1010. The number of hydrogen-bond acceptors (Lipinski definition) is 4. The normalized spacial score (nSPS) is 22.7. The van der Waals surface area contributed by atoms with Gasteiger partial charge in [0.1, 0.15) is 6.04 Å². The van der Waals surface area contributed by atoms with Crippen LogP contribution in [0.1, 0.15) is 34.7 Å². The predicted octanol–water partition coefficient (Wildman–Crippen LogP) is 2.64. The molecule has 4 rings (SSSR count). The van der Waals surface area contributed by atoms with E-state index in [4.69, 9.17) is 0 Å². The van der Waals surface area contributed by atoms with Gasteiger partial charge in [-0.15, -0.1) is 0 Å². The second kappa shape index (κ2) is 7.92. The van der Waals surface area contributed by atoms with Gasteiger partial charge < -0.3 is 14.9 Å². The summed E-state index contributed by atoms with van der Waals surface area (Å²) in [7, 11) is 3.43. The number of rotatable bonds is 5. The first kappa shape index (κ1) is 20.1. The average molecular weight is 403 g/mol. The van der Waals surface area contributed by atoms with Gasteiger partial charge in [0, 0.05) is 31.5 Å². The summed E-state index contributed by atoms with van der Waals surface area (Å²) >= 11 is 0. The molecule has 0 bridgehead atoms. The topological polar surface area (TPSA) is 84.6 Å². The first-order valence-electron chi connectivity index (χ1n) is 10.2. The molecule has 0 unspecified atom stereocenters. The molecule has 2 aromatic rings. The molecule has 0 radical (unpaired) electrons. The number of aliphatic hydroxyl groups excluding tert-OH is 1. The van der Waals surface area contributed by atoms with Crippen LogP contribution in [0.25, 0.3) is 11.1 Å². The fraction of sp³-hybridized carbons (Fsp3) is 0.375. The van der Waals surface area contributed by atoms with Crippen molar-refractivity contribution in [2.45, 2.75) is 30.8 Å². The molecule has 2 fully saturated rings. The molecule has 1 aliphatic heterocycles. The number of hydrogen-bond donors (Lipinski definition) is 1. The van der Waals surface area contributed by atoms with E-state index in [2.05, 4.69) is 6.07 Å². The largest absolute Gasteiger partial charge is 0.394 e. The molecule has 1 N–H and O–H groups in total. The van der Waals surface area contributed by atoms with Crippen LogP contribution in [0, 0.1) is 17.2 Å². The lowest BCUT2D eigenvalue weighted by molar-refractivity contribution is -0.148. The molecule has 1 aliphatic carbocycles. The van der Waals surface area contributed by atoms with E-state index >= 15 is 0 Å². The molecular weight excluding hydrogens is 378 g/mol. The van der Waals surface area contributed by atoms with Crippen molar-refractivity contribution in [1.29, 1.82) is 5.26 Å². The Morgan fingerprint density at radius 2 is 1.80 bits per heavy atom. The number of carbonyl (C=O) groups excluding carboxylic acids is 2. The van der Waals surface area contributed by atoms with Gasteiger partial charge in [0.15, 0.2) is 0 Å². The quantitative estimate of drug-likeness (QED) is 0.832. The highest BCUT2D eigenvalue weighted by molar-refractivity contribution is 5.94. The molecule has 2 aromatic carbocycles. The van der Waals surface area contributed by atoms with Crippen molar-refractivity contribution in [2.75, 3.05) is 20.7 Å². The Morgan fingerprint density at radius 3 is 2.37 bits per heavy atom. The van der Waals surface area contributed by atoms with Crippen LogP contribution < -0.4 is 0 Å². The number of aliphatic hydroxyl groups is 1. The summed E-state index contributed by atoms with van der Waals surface area (Å²) in [5.41, 5.74) is 3.42. The minimum Gasteiger partial charge on any atom is -0.394 e. The van der Waals surface area contributed by atoms with Gasteiger partial charge in [-0.25, -0.2) is 0 Å². The van der Waals surface area contributed by atoms with E-state index < -0.39 is 12.1 Å². The molecule has 154 valence electrons. The van der Waals surface area contributed by atoms with Gasteiger partial charge in [0.05, 0.1) is 18.7 Å². The summed E-state index contributed by atoms with van der Waals surface area (Å²) in [6, 6.07) is 16.5. The van der Waals surface area contributed by atoms with Crippen LogP contribution in [0.4, 0.5) is 0 Å². The van der Waals surface area contributed by atoms with Crippen LogP contribution in [-0.4, -0.2) is 59.5 Å². The number of likely N-dealkylation sites (tertiary alicyclic amines) is 1. The summed E-state index contributed by atoms with van der Waals surface area (Å²) in [6.07, 6.45) is 1.73. The number of nitriles is 1. The highest BCUT2D eigenvalue weighted by atomic mass is 16.3. The van der Waals surface area contributed by atoms with Crippen molar-refractivity contribution in [3.05, 3.63) is 59.7 Å². The average Bonchev–Trinajstić information content (AvgIpc) is 3.59. The van der Waals surface area contributed by atoms with Crippen LogP contribution in [0.5, 0.6) is 0 Å². The second-order valence-electron chi connectivity index (χ2n) is 8.23. The van der Waals surface area contributed by atoms with E-state index in [1.165, 1.54) is 4.90 Å². The van der Waals surface area contributed by atoms with Gasteiger partial charge in [-0.05, 0) is 41.7 Å². The zero-order chi connectivity index (χ0) is 21.4. The van der Waals surface area contributed by atoms with Gasteiger partial charge in [0.2, 0.25) is 5.91 Å². The van der Waals surface area contributed by atoms with Gasteiger partial charge in [0.25, 0.3) is 5.91 Å². The number of benzene rings is 2. The van der Waals surface area contributed by atoms with Crippen molar-refractivity contribution in [3.63, 3.8) is 0 Å². The number of nitrogens with zero attached hydrogens (tertiary/aromatic N) is 3. The third-order valence-electron chi connectivity index (χ3n) is 6.08. The van der Waals surface area contributed by atoms with E-state index in [0.717, 1.165) is 29.5 Å². The molecule has 3 atom stereocenters. The maximum absolute atomic E-state index is 12.6. The van der Waals surface area contributed by atoms with Gasteiger partial charge >= 0.3 is 0 Å². The van der Waals surface area contributed by atoms with Crippen LogP contribution in [0.15, 0.2) is 48.5 Å². The molecule has 6 heteroatoms. The highest BCUT2D eigenvalue weighted by Gasteiger charge is 2.54. The molecule has 0 aromatic heterocycles. The first-order chi connectivity index (χ1) is 14.5. The van der Waals surface area contributed by atoms with Gasteiger partial charge in [-0.1, -0.05) is 36.4 Å². The van der Waals surface area contributed by atoms with Crippen LogP contribution in [0.2, 0.25) is 0 Å². The van der Waals surface area contributed by atoms with E-state index in [1.807, 2.05) is 36.4 Å². The molecule has 0 spiro atoms. The summed E-state index contributed by atoms with van der Waals surface area (Å²) < 4.78 is 0. The Labute approximate surface area is 176 Å². The minimum absolute atomic E-state index is 0.00729. The smallest absolute Gasteiger partial charge is 0.253 e. The van der Waals surface area contributed by atoms with Gasteiger partial charge in [-0.2, -0.15) is 5.26 Å². The summed E-state index contributed by atoms with van der Waals surface area (Å²) in [6.45, 7) is -0.175. The molecule has 1 saturated carbocycles. The zero-order valence-corrected chi connectivity index (χ0v) is 17.2. The molecule has 1 saturated heterocycles. The number of amides is 2. The third kappa shape index (κ3) is 3.35. The maximum Gasteiger partial charge on any atom is 0.253 e. The lowest BCUT2D eigenvalue weighted by Crippen LogP contribution is -2.65. The second-order valence-corrected chi connectivity index (χ2v) is 8.23. The lowest BCUT2D eigenvalue weighted by Gasteiger charge is -2.52. The van der Waals surface area contributed by atoms with E-state index in [1.54, 1.807) is 31.1 Å². The van der Waals surface area contributed by atoms with E-state index in [0.29, 0.717) is 5.56 Å². The first-order valence-corrected chi connectivity index (χ1v) is 10.2. The van der Waals surface area contributed by atoms with Crippen LogP contribution in [-0.2, 0) is 4.79 Å². The van der Waals surface area contributed by atoms with Crippen molar-refractivity contribution < 1.29 is 14.7 Å².